The highest BCUT2D eigenvalue weighted by Crippen LogP contribution is 2.30. The summed E-state index contributed by atoms with van der Waals surface area (Å²) in [6, 6.07) is 14.1. The molecule has 7 nitrogen and oxygen atoms in total. The Morgan fingerprint density at radius 3 is 2.64 bits per heavy atom. The molecule has 0 saturated carbocycles. The molecule has 1 aromatic heterocycles. The van der Waals surface area contributed by atoms with Gasteiger partial charge in [-0.05, 0) is 35.9 Å². The Morgan fingerprint density at radius 1 is 1.21 bits per heavy atom. The maximum atomic E-state index is 12.2. The topological polar surface area (TPSA) is 110 Å². The van der Waals surface area contributed by atoms with Gasteiger partial charge in [0.1, 0.15) is 0 Å². The molecule has 0 spiro atoms. The van der Waals surface area contributed by atoms with Crippen molar-refractivity contribution in [3.05, 3.63) is 58.1 Å². The number of hydrogen-bond acceptors (Lipinski definition) is 6. The number of rotatable bonds is 6. The molecule has 2 aromatic carbocycles. The number of carbonyl (C=O) groups is 1. The van der Waals surface area contributed by atoms with Gasteiger partial charge < -0.3 is 11.2 Å². The first kappa shape index (κ1) is 20.0. The zero-order chi connectivity index (χ0) is 20.1. The van der Waals surface area contributed by atoms with Gasteiger partial charge in [0.15, 0.2) is 5.82 Å². The second kappa shape index (κ2) is 8.97. The van der Waals surface area contributed by atoms with E-state index in [4.69, 9.17) is 34.3 Å². The van der Waals surface area contributed by atoms with Gasteiger partial charge in [0.2, 0.25) is 11.1 Å². The quantitative estimate of drug-likeness (QED) is 0.453. The zero-order valence-corrected chi connectivity index (χ0v) is 16.7. The van der Waals surface area contributed by atoms with E-state index < -0.39 is 0 Å². The number of nitrogens with two attached hydrogens (primary N) is 1. The largest absolute Gasteiger partial charge is 0.335 e. The predicted molar refractivity (Wildman–Crippen MR) is 111 cm³/mol. The number of hydrogen-bond donors (Lipinski definition) is 2. The highest BCUT2D eigenvalue weighted by Gasteiger charge is 2.16. The number of benzene rings is 2. The van der Waals surface area contributed by atoms with Crippen molar-refractivity contribution in [2.24, 2.45) is 0 Å². The van der Waals surface area contributed by atoms with Crippen LogP contribution in [0.5, 0.6) is 0 Å². The Kier molecular flexibility index (Phi) is 6.41. The van der Waals surface area contributed by atoms with Gasteiger partial charge in [-0.15, -0.1) is 10.2 Å². The first-order valence-electron chi connectivity index (χ1n) is 8.02. The first-order chi connectivity index (χ1) is 13.5. The Balaban J connectivity index is 1.62. The van der Waals surface area contributed by atoms with E-state index in [0.717, 1.165) is 17.3 Å². The number of aromatic nitrogens is 3. The monoisotopic (exact) mass is 432 g/mol. The van der Waals surface area contributed by atoms with Crippen molar-refractivity contribution in [1.29, 1.82) is 5.26 Å². The van der Waals surface area contributed by atoms with E-state index in [1.165, 1.54) is 4.68 Å². The van der Waals surface area contributed by atoms with Gasteiger partial charge in [-0.3, -0.25) is 4.79 Å². The predicted octanol–water partition coefficient (Wildman–Crippen LogP) is 3.76. The van der Waals surface area contributed by atoms with Crippen LogP contribution in [0.4, 0.5) is 5.69 Å². The summed E-state index contributed by atoms with van der Waals surface area (Å²) in [6.45, 7) is 0. The van der Waals surface area contributed by atoms with Crippen molar-refractivity contribution < 1.29 is 4.79 Å². The summed E-state index contributed by atoms with van der Waals surface area (Å²) in [5, 5.41) is 20.8. The summed E-state index contributed by atoms with van der Waals surface area (Å²) in [7, 11) is 0. The maximum Gasteiger partial charge on any atom is 0.234 e. The number of amides is 1. The number of anilines is 1. The third-order valence-corrected chi connectivity index (χ3v) is 5.18. The molecule has 1 heterocycles. The van der Waals surface area contributed by atoms with Crippen molar-refractivity contribution in [3.8, 4) is 17.5 Å². The zero-order valence-electron chi connectivity index (χ0n) is 14.4. The fraction of sp³-hybridized carbons (Fsp3) is 0.111. The first-order valence-corrected chi connectivity index (χ1v) is 9.76. The lowest BCUT2D eigenvalue weighted by molar-refractivity contribution is -0.113. The van der Waals surface area contributed by atoms with Gasteiger partial charge in [-0.1, -0.05) is 47.1 Å². The molecule has 0 aliphatic heterocycles. The van der Waals surface area contributed by atoms with Crippen LogP contribution in [0.1, 0.15) is 5.56 Å². The fourth-order valence-electron chi connectivity index (χ4n) is 2.35. The Morgan fingerprint density at radius 2 is 1.96 bits per heavy atom. The summed E-state index contributed by atoms with van der Waals surface area (Å²) in [4.78, 5) is 12.2. The number of halogens is 2. The second-order valence-corrected chi connectivity index (χ2v) is 7.46. The highest BCUT2D eigenvalue weighted by atomic mass is 35.5. The molecule has 0 unspecified atom stereocenters. The smallest absolute Gasteiger partial charge is 0.234 e. The average molecular weight is 433 g/mol. The van der Waals surface area contributed by atoms with E-state index in [2.05, 4.69) is 21.6 Å². The summed E-state index contributed by atoms with van der Waals surface area (Å²) in [5.74, 6) is 6.31. The Labute approximate surface area is 175 Å². The van der Waals surface area contributed by atoms with Crippen molar-refractivity contribution in [2.45, 2.75) is 11.6 Å². The molecule has 0 aliphatic rings. The van der Waals surface area contributed by atoms with Gasteiger partial charge in [0, 0.05) is 16.3 Å². The molecule has 1 amide bonds. The van der Waals surface area contributed by atoms with E-state index in [-0.39, 0.29) is 11.7 Å². The van der Waals surface area contributed by atoms with Crippen molar-refractivity contribution in [1.82, 2.24) is 14.9 Å². The number of nitrogens with one attached hydrogen (secondary N) is 1. The van der Waals surface area contributed by atoms with E-state index in [0.29, 0.717) is 38.7 Å². The molecular weight excluding hydrogens is 419 g/mol. The number of nitriles is 1. The fourth-order valence-corrected chi connectivity index (χ4v) is 3.50. The maximum absolute atomic E-state index is 12.2. The van der Waals surface area contributed by atoms with Gasteiger partial charge in [0.05, 0.1) is 23.3 Å². The molecule has 0 fully saturated rings. The molecule has 0 aliphatic carbocycles. The van der Waals surface area contributed by atoms with Gasteiger partial charge in [0.25, 0.3) is 0 Å². The minimum atomic E-state index is -0.216. The van der Waals surface area contributed by atoms with Crippen LogP contribution < -0.4 is 11.2 Å². The minimum absolute atomic E-state index is 0.101. The summed E-state index contributed by atoms with van der Waals surface area (Å²) in [5.41, 5.74) is 2.13. The number of nitrogen functional groups attached to an aromatic ring is 1. The van der Waals surface area contributed by atoms with E-state index in [1.807, 2.05) is 0 Å². The number of thioether (sulfide) groups is 1. The van der Waals surface area contributed by atoms with Gasteiger partial charge in [-0.2, -0.15) is 5.26 Å². The van der Waals surface area contributed by atoms with Crippen LogP contribution in [-0.2, 0) is 11.2 Å². The molecule has 0 atom stereocenters. The van der Waals surface area contributed by atoms with E-state index >= 15 is 0 Å². The average Bonchev–Trinajstić information content (AvgIpc) is 3.02. The lowest BCUT2D eigenvalue weighted by atomic mass is 10.1. The van der Waals surface area contributed by atoms with Crippen molar-refractivity contribution >= 4 is 46.6 Å². The van der Waals surface area contributed by atoms with E-state index in [1.54, 1.807) is 42.5 Å². The van der Waals surface area contributed by atoms with Crippen LogP contribution in [0, 0.1) is 11.3 Å². The van der Waals surface area contributed by atoms with Crippen molar-refractivity contribution in [2.75, 3.05) is 16.9 Å². The van der Waals surface area contributed by atoms with E-state index in [9.17, 15) is 4.79 Å². The summed E-state index contributed by atoms with van der Waals surface area (Å²) in [6.07, 6.45) is 0.330. The highest BCUT2D eigenvalue weighted by molar-refractivity contribution is 7.99. The molecule has 3 rings (SSSR count). The van der Waals surface area contributed by atoms with Crippen molar-refractivity contribution in [3.63, 3.8) is 0 Å². The van der Waals surface area contributed by atoms with Crippen LogP contribution in [-0.4, -0.2) is 26.5 Å². The summed E-state index contributed by atoms with van der Waals surface area (Å²) >= 11 is 13.2. The third-order valence-electron chi connectivity index (χ3n) is 3.69. The lowest BCUT2D eigenvalue weighted by Gasteiger charge is -2.07. The molecule has 3 N–H and O–H groups in total. The van der Waals surface area contributed by atoms with Gasteiger partial charge in [-0.25, -0.2) is 4.68 Å². The van der Waals surface area contributed by atoms with Crippen LogP contribution in [0.3, 0.4) is 0 Å². The number of carbonyl (C=O) groups excluding carboxylic acids is 1. The molecule has 0 bridgehead atoms. The molecular formula is C18H14Cl2N6OS. The molecule has 142 valence electrons. The van der Waals surface area contributed by atoms with Crippen LogP contribution in [0.15, 0.2) is 47.6 Å². The van der Waals surface area contributed by atoms with Crippen LogP contribution >= 0.6 is 35.0 Å². The van der Waals surface area contributed by atoms with Crippen LogP contribution in [0.25, 0.3) is 11.4 Å². The molecule has 3 aromatic rings. The lowest BCUT2D eigenvalue weighted by Crippen LogP contribution is -2.16. The molecule has 0 radical (unpaired) electrons. The Bertz CT molecular complexity index is 1050. The third kappa shape index (κ3) is 4.75. The molecule has 28 heavy (non-hydrogen) atoms. The Hall–Kier alpha value is -2.73. The molecule has 0 saturated heterocycles. The normalized spacial score (nSPS) is 10.5. The summed E-state index contributed by atoms with van der Waals surface area (Å²) < 4.78 is 1.28. The molecule has 10 heteroatoms. The second-order valence-electron chi connectivity index (χ2n) is 5.67. The SMILES string of the molecule is N#CCc1ccc(NC(=O)CSc2nnc(-c3ccc(Cl)cc3Cl)n2N)cc1. The standard InChI is InChI=1S/C18H14Cl2N6OS/c19-12-3-6-14(15(20)9-12)17-24-25-18(26(17)22)28-10-16(27)23-13-4-1-11(2-5-13)7-8-21/h1-6,9H,7,10,22H2,(H,23,27). The number of nitrogens with zero attached hydrogens (tertiary/aromatic N) is 4. The minimum Gasteiger partial charge on any atom is -0.335 e. The van der Waals surface area contributed by atoms with Gasteiger partial charge >= 0.3 is 0 Å². The van der Waals surface area contributed by atoms with Crippen LogP contribution in [0.2, 0.25) is 10.0 Å².